The second-order valence-electron chi connectivity index (χ2n) is 3.69. The van der Waals surface area contributed by atoms with Gasteiger partial charge >= 0.3 is 0 Å². The Morgan fingerprint density at radius 2 is 2.36 bits per heavy atom. The van der Waals surface area contributed by atoms with Crippen LogP contribution in [0.5, 0.6) is 0 Å². The molecule has 1 aromatic heterocycles. The average Bonchev–Trinajstić information content (AvgIpc) is 2.54. The van der Waals surface area contributed by atoms with Gasteiger partial charge in [-0.1, -0.05) is 6.07 Å². The maximum absolute atomic E-state index is 5.41. The third kappa shape index (κ3) is 1.86. The molecule has 14 heavy (non-hydrogen) atoms. The number of pyridine rings is 1. The van der Waals surface area contributed by atoms with Crippen LogP contribution in [0, 0.1) is 0 Å². The maximum atomic E-state index is 5.41. The van der Waals surface area contributed by atoms with Crippen molar-refractivity contribution in [1.82, 2.24) is 9.88 Å². The predicted octanol–water partition coefficient (Wildman–Crippen LogP) is 0.398. The van der Waals surface area contributed by atoms with E-state index in [1.54, 1.807) is 0 Å². The summed E-state index contributed by atoms with van der Waals surface area (Å²) < 4.78 is 0. The summed E-state index contributed by atoms with van der Waals surface area (Å²) in [5, 5.41) is 3.18. The minimum atomic E-state index is 0.638. The lowest BCUT2D eigenvalue weighted by molar-refractivity contribution is 0.351. The molecule has 4 heteroatoms. The fraction of sp³-hybridized carbons (Fsp3) is 0.500. The Labute approximate surface area is 84.1 Å². The van der Waals surface area contributed by atoms with Gasteiger partial charge in [-0.25, -0.2) is 4.98 Å². The fourth-order valence-electron chi connectivity index (χ4n) is 1.71. The lowest BCUT2D eigenvalue weighted by atomic mass is 10.2. The van der Waals surface area contributed by atoms with Gasteiger partial charge in [0.25, 0.3) is 0 Å². The first-order valence-electron chi connectivity index (χ1n) is 4.91. The molecule has 0 aromatic carbocycles. The van der Waals surface area contributed by atoms with Crippen LogP contribution in [0.3, 0.4) is 0 Å². The molecule has 0 saturated carbocycles. The summed E-state index contributed by atoms with van der Waals surface area (Å²) in [4.78, 5) is 6.79. The van der Waals surface area contributed by atoms with Crippen molar-refractivity contribution in [3.05, 3.63) is 23.4 Å². The molecule has 1 aromatic rings. The van der Waals surface area contributed by atoms with Crippen molar-refractivity contribution in [3.63, 3.8) is 0 Å². The highest BCUT2D eigenvalue weighted by Crippen LogP contribution is 2.20. The van der Waals surface area contributed by atoms with Crippen LogP contribution in [-0.4, -0.2) is 30.0 Å². The van der Waals surface area contributed by atoms with Gasteiger partial charge in [0.1, 0.15) is 5.82 Å². The van der Waals surface area contributed by atoms with E-state index in [9.17, 15) is 0 Å². The second kappa shape index (κ2) is 3.94. The van der Waals surface area contributed by atoms with E-state index in [0.29, 0.717) is 6.54 Å². The molecule has 0 amide bonds. The summed E-state index contributed by atoms with van der Waals surface area (Å²) in [5.74, 6) is 0.935. The standard InChI is InChI=1S/C10H16N4/c1-14-6-8-2-3-10(12-5-4-11)13-9(8)7-14/h2-3H,4-7,11H2,1H3,(H,12,13). The van der Waals surface area contributed by atoms with E-state index in [1.807, 2.05) is 6.07 Å². The molecular formula is C10H16N4. The molecule has 0 fully saturated rings. The summed E-state index contributed by atoms with van der Waals surface area (Å²) in [5.41, 5.74) is 7.94. The van der Waals surface area contributed by atoms with Gasteiger partial charge in [-0.15, -0.1) is 0 Å². The van der Waals surface area contributed by atoms with Crippen LogP contribution in [0.1, 0.15) is 11.3 Å². The largest absolute Gasteiger partial charge is 0.369 e. The zero-order chi connectivity index (χ0) is 9.97. The van der Waals surface area contributed by atoms with E-state index in [-0.39, 0.29) is 0 Å². The number of aromatic nitrogens is 1. The van der Waals surface area contributed by atoms with Crippen molar-refractivity contribution >= 4 is 5.82 Å². The van der Waals surface area contributed by atoms with Gasteiger partial charge in [0.2, 0.25) is 0 Å². The zero-order valence-electron chi connectivity index (χ0n) is 8.45. The molecule has 1 aliphatic heterocycles. The van der Waals surface area contributed by atoms with E-state index in [1.165, 1.54) is 11.3 Å². The highest BCUT2D eigenvalue weighted by atomic mass is 15.1. The van der Waals surface area contributed by atoms with Gasteiger partial charge in [-0.05, 0) is 18.7 Å². The molecule has 0 unspecified atom stereocenters. The van der Waals surface area contributed by atoms with Crippen molar-refractivity contribution in [1.29, 1.82) is 0 Å². The maximum Gasteiger partial charge on any atom is 0.126 e. The predicted molar refractivity (Wildman–Crippen MR) is 57.0 cm³/mol. The third-order valence-corrected chi connectivity index (χ3v) is 2.38. The number of nitrogens with one attached hydrogen (secondary N) is 1. The second-order valence-corrected chi connectivity index (χ2v) is 3.69. The third-order valence-electron chi connectivity index (χ3n) is 2.38. The molecule has 76 valence electrons. The number of hydrogen-bond donors (Lipinski definition) is 2. The van der Waals surface area contributed by atoms with E-state index in [0.717, 1.165) is 25.5 Å². The van der Waals surface area contributed by atoms with Gasteiger partial charge in [-0.2, -0.15) is 0 Å². The topological polar surface area (TPSA) is 54.2 Å². The van der Waals surface area contributed by atoms with Crippen molar-refractivity contribution < 1.29 is 0 Å². The first-order valence-corrected chi connectivity index (χ1v) is 4.91. The Kier molecular flexibility index (Phi) is 2.65. The van der Waals surface area contributed by atoms with Gasteiger partial charge in [0.05, 0.1) is 5.69 Å². The van der Waals surface area contributed by atoms with E-state index in [2.05, 4.69) is 28.3 Å². The molecule has 3 N–H and O–H groups in total. The number of hydrogen-bond acceptors (Lipinski definition) is 4. The minimum Gasteiger partial charge on any atom is -0.369 e. The minimum absolute atomic E-state index is 0.638. The van der Waals surface area contributed by atoms with Crippen molar-refractivity contribution in [3.8, 4) is 0 Å². The van der Waals surface area contributed by atoms with Crippen LogP contribution in [0.4, 0.5) is 5.82 Å². The van der Waals surface area contributed by atoms with Crippen LogP contribution in [0.25, 0.3) is 0 Å². The summed E-state index contributed by atoms with van der Waals surface area (Å²) in [7, 11) is 2.11. The molecule has 2 heterocycles. The molecule has 0 bridgehead atoms. The monoisotopic (exact) mass is 192 g/mol. The summed E-state index contributed by atoms with van der Waals surface area (Å²) >= 11 is 0. The van der Waals surface area contributed by atoms with Gasteiger partial charge in [0.15, 0.2) is 0 Å². The highest BCUT2D eigenvalue weighted by Gasteiger charge is 2.16. The fourth-order valence-corrected chi connectivity index (χ4v) is 1.71. The molecule has 0 spiro atoms. The summed E-state index contributed by atoms with van der Waals surface area (Å²) in [6.45, 7) is 3.38. The molecule has 0 saturated heterocycles. The normalized spacial score (nSPS) is 15.6. The molecule has 0 atom stereocenters. The average molecular weight is 192 g/mol. The zero-order valence-corrected chi connectivity index (χ0v) is 8.45. The van der Waals surface area contributed by atoms with Gasteiger partial charge < -0.3 is 11.1 Å². The SMILES string of the molecule is CN1Cc2ccc(NCCN)nc2C1. The summed E-state index contributed by atoms with van der Waals surface area (Å²) in [6, 6.07) is 4.17. The Morgan fingerprint density at radius 3 is 3.14 bits per heavy atom. The van der Waals surface area contributed by atoms with Crippen LogP contribution >= 0.6 is 0 Å². The highest BCUT2D eigenvalue weighted by molar-refractivity contribution is 5.40. The Hall–Kier alpha value is -1.13. The van der Waals surface area contributed by atoms with Crippen LogP contribution in [0.15, 0.2) is 12.1 Å². The van der Waals surface area contributed by atoms with Crippen molar-refractivity contribution in [2.75, 3.05) is 25.5 Å². The molecule has 0 radical (unpaired) electrons. The quantitative estimate of drug-likeness (QED) is 0.727. The number of anilines is 1. The smallest absolute Gasteiger partial charge is 0.126 e. The number of nitrogens with two attached hydrogens (primary N) is 1. The van der Waals surface area contributed by atoms with E-state index in [4.69, 9.17) is 5.73 Å². The van der Waals surface area contributed by atoms with Crippen LogP contribution in [0.2, 0.25) is 0 Å². The number of nitrogens with zero attached hydrogens (tertiary/aromatic N) is 2. The molecule has 0 aliphatic carbocycles. The first-order chi connectivity index (χ1) is 6.79. The lowest BCUT2D eigenvalue weighted by Gasteiger charge is -2.05. The van der Waals surface area contributed by atoms with Gasteiger partial charge in [0, 0.05) is 26.2 Å². The van der Waals surface area contributed by atoms with E-state index >= 15 is 0 Å². The molecule has 4 nitrogen and oxygen atoms in total. The molecule has 1 aliphatic rings. The Bertz CT molecular complexity index is 324. The summed E-state index contributed by atoms with van der Waals surface area (Å²) in [6.07, 6.45) is 0. The lowest BCUT2D eigenvalue weighted by Crippen LogP contribution is -2.14. The van der Waals surface area contributed by atoms with Crippen LogP contribution in [-0.2, 0) is 13.1 Å². The number of fused-ring (bicyclic) bond motifs is 1. The molecular weight excluding hydrogens is 176 g/mol. The van der Waals surface area contributed by atoms with Gasteiger partial charge in [-0.3, -0.25) is 4.90 Å². The first kappa shape index (κ1) is 9.43. The Morgan fingerprint density at radius 1 is 1.50 bits per heavy atom. The van der Waals surface area contributed by atoms with Crippen molar-refractivity contribution in [2.45, 2.75) is 13.1 Å². The molecule has 2 rings (SSSR count). The number of rotatable bonds is 3. The van der Waals surface area contributed by atoms with Crippen LogP contribution < -0.4 is 11.1 Å². The van der Waals surface area contributed by atoms with E-state index < -0.39 is 0 Å². The van der Waals surface area contributed by atoms with Crippen molar-refractivity contribution in [2.24, 2.45) is 5.73 Å². The Balaban J connectivity index is 2.12.